The standard InChI is InChI=1S/C20H21N5O4/c21-18(27)13-6-8-24(9-7-13)15(26)11-25-19(28)17-16(23-20(25)29)14(10-22-17)12-4-2-1-3-5-12/h1-5,10,13,22H,6-9,11H2,(H2,21,27)(H,23,29). The molecule has 1 saturated heterocycles. The lowest BCUT2D eigenvalue weighted by atomic mass is 9.96. The number of amides is 2. The van der Waals surface area contributed by atoms with Gasteiger partial charge in [0.15, 0.2) is 0 Å². The van der Waals surface area contributed by atoms with Crippen molar-refractivity contribution in [2.75, 3.05) is 13.1 Å². The highest BCUT2D eigenvalue weighted by Crippen LogP contribution is 2.24. The molecule has 29 heavy (non-hydrogen) atoms. The number of nitrogens with one attached hydrogen (secondary N) is 2. The molecule has 0 aliphatic carbocycles. The largest absolute Gasteiger partial charge is 0.369 e. The van der Waals surface area contributed by atoms with Gasteiger partial charge in [-0.1, -0.05) is 30.3 Å². The number of hydrogen-bond donors (Lipinski definition) is 3. The molecule has 1 fully saturated rings. The van der Waals surface area contributed by atoms with Crippen molar-refractivity contribution in [3.8, 4) is 11.1 Å². The summed E-state index contributed by atoms with van der Waals surface area (Å²) in [4.78, 5) is 56.4. The van der Waals surface area contributed by atoms with Crippen LogP contribution in [-0.4, -0.2) is 44.3 Å². The summed E-state index contributed by atoms with van der Waals surface area (Å²) in [6.07, 6.45) is 2.64. The molecule has 0 bridgehead atoms. The van der Waals surface area contributed by atoms with Gasteiger partial charge in [-0.15, -0.1) is 0 Å². The zero-order chi connectivity index (χ0) is 20.5. The van der Waals surface area contributed by atoms with Crippen molar-refractivity contribution >= 4 is 22.8 Å². The minimum Gasteiger partial charge on any atom is -0.369 e. The lowest BCUT2D eigenvalue weighted by Crippen LogP contribution is -2.46. The second kappa shape index (κ2) is 7.42. The van der Waals surface area contributed by atoms with Gasteiger partial charge in [0.25, 0.3) is 5.56 Å². The Hall–Kier alpha value is -3.62. The molecule has 3 aromatic rings. The summed E-state index contributed by atoms with van der Waals surface area (Å²) >= 11 is 0. The van der Waals surface area contributed by atoms with Crippen LogP contribution in [0.4, 0.5) is 0 Å². The predicted molar refractivity (Wildman–Crippen MR) is 107 cm³/mol. The summed E-state index contributed by atoms with van der Waals surface area (Å²) in [7, 11) is 0. The average Bonchev–Trinajstić information content (AvgIpc) is 3.15. The zero-order valence-electron chi connectivity index (χ0n) is 15.7. The van der Waals surface area contributed by atoms with Gasteiger partial charge in [-0.2, -0.15) is 0 Å². The van der Waals surface area contributed by atoms with E-state index >= 15 is 0 Å². The minimum atomic E-state index is -0.639. The van der Waals surface area contributed by atoms with Crippen molar-refractivity contribution in [3.63, 3.8) is 0 Å². The fraction of sp³-hybridized carbons (Fsp3) is 0.300. The van der Waals surface area contributed by atoms with Gasteiger partial charge in [0, 0.05) is 30.8 Å². The van der Waals surface area contributed by atoms with Crippen LogP contribution in [0.25, 0.3) is 22.2 Å². The number of hydrogen-bond acceptors (Lipinski definition) is 4. The zero-order valence-corrected chi connectivity index (χ0v) is 15.7. The highest BCUT2D eigenvalue weighted by atomic mass is 16.2. The number of aromatic nitrogens is 3. The van der Waals surface area contributed by atoms with Crippen LogP contribution >= 0.6 is 0 Å². The number of nitrogens with zero attached hydrogens (tertiary/aromatic N) is 2. The van der Waals surface area contributed by atoms with Crippen LogP contribution in [-0.2, 0) is 16.1 Å². The smallest absolute Gasteiger partial charge is 0.329 e. The van der Waals surface area contributed by atoms with Crippen molar-refractivity contribution in [1.29, 1.82) is 0 Å². The molecule has 1 aliphatic heterocycles. The summed E-state index contributed by atoms with van der Waals surface area (Å²) in [5, 5.41) is 0. The van der Waals surface area contributed by atoms with Crippen LogP contribution in [0, 0.1) is 5.92 Å². The van der Waals surface area contributed by atoms with Gasteiger partial charge in [-0.3, -0.25) is 14.4 Å². The number of aromatic amines is 2. The second-order valence-corrected chi connectivity index (χ2v) is 7.20. The van der Waals surface area contributed by atoms with Crippen molar-refractivity contribution in [2.45, 2.75) is 19.4 Å². The average molecular weight is 395 g/mol. The lowest BCUT2D eigenvalue weighted by molar-refractivity contribution is -0.135. The van der Waals surface area contributed by atoms with Gasteiger partial charge < -0.3 is 20.6 Å². The van der Waals surface area contributed by atoms with Crippen LogP contribution < -0.4 is 17.0 Å². The Kier molecular flexibility index (Phi) is 4.79. The Morgan fingerprint density at radius 1 is 1.07 bits per heavy atom. The lowest BCUT2D eigenvalue weighted by Gasteiger charge is -2.30. The van der Waals surface area contributed by atoms with E-state index in [-0.39, 0.29) is 29.8 Å². The normalized spacial score (nSPS) is 15.0. The molecule has 2 amide bonds. The summed E-state index contributed by atoms with van der Waals surface area (Å²) in [5.74, 6) is -0.942. The van der Waals surface area contributed by atoms with Crippen LogP contribution in [0.1, 0.15) is 12.8 Å². The van der Waals surface area contributed by atoms with Gasteiger partial charge in [0.05, 0.1) is 5.52 Å². The third-order valence-electron chi connectivity index (χ3n) is 5.44. The van der Waals surface area contributed by atoms with Crippen LogP contribution in [0.3, 0.4) is 0 Å². The number of carbonyl (C=O) groups is 2. The van der Waals surface area contributed by atoms with Gasteiger partial charge in [-0.25, -0.2) is 9.36 Å². The van der Waals surface area contributed by atoms with Crippen LogP contribution in [0.15, 0.2) is 46.1 Å². The Balaban J connectivity index is 1.61. The molecule has 9 nitrogen and oxygen atoms in total. The number of H-pyrrole nitrogens is 2. The van der Waals surface area contributed by atoms with E-state index < -0.39 is 11.2 Å². The van der Waals surface area contributed by atoms with E-state index in [0.717, 1.165) is 10.1 Å². The van der Waals surface area contributed by atoms with Crippen LogP contribution in [0.2, 0.25) is 0 Å². The van der Waals surface area contributed by atoms with Crippen molar-refractivity contribution < 1.29 is 9.59 Å². The van der Waals surface area contributed by atoms with E-state index in [0.29, 0.717) is 37.0 Å². The van der Waals surface area contributed by atoms with E-state index in [1.165, 1.54) is 0 Å². The first kappa shape index (κ1) is 18.7. The Morgan fingerprint density at radius 2 is 1.76 bits per heavy atom. The molecule has 0 radical (unpaired) electrons. The second-order valence-electron chi connectivity index (χ2n) is 7.20. The van der Waals surface area contributed by atoms with E-state index in [1.54, 1.807) is 11.1 Å². The summed E-state index contributed by atoms with van der Waals surface area (Å²) in [5.41, 5.74) is 6.35. The molecule has 150 valence electrons. The molecule has 2 aromatic heterocycles. The number of carbonyl (C=O) groups excluding carboxylic acids is 2. The third-order valence-corrected chi connectivity index (χ3v) is 5.44. The van der Waals surface area contributed by atoms with Crippen LogP contribution in [0.5, 0.6) is 0 Å². The number of fused-ring (bicyclic) bond motifs is 1. The molecule has 1 aliphatic rings. The molecule has 0 unspecified atom stereocenters. The maximum Gasteiger partial charge on any atom is 0.329 e. The third kappa shape index (κ3) is 3.46. The summed E-state index contributed by atoms with van der Waals surface area (Å²) in [6.45, 7) is 0.398. The Labute approximate surface area is 165 Å². The quantitative estimate of drug-likeness (QED) is 0.590. The maximum atomic E-state index is 12.8. The highest BCUT2D eigenvalue weighted by molar-refractivity contribution is 5.91. The number of benzene rings is 1. The molecule has 4 rings (SSSR count). The maximum absolute atomic E-state index is 12.8. The van der Waals surface area contributed by atoms with Crippen molar-refractivity contribution in [2.24, 2.45) is 11.7 Å². The topological polar surface area (TPSA) is 134 Å². The molecular weight excluding hydrogens is 374 g/mol. The monoisotopic (exact) mass is 395 g/mol. The first-order valence-corrected chi connectivity index (χ1v) is 9.42. The molecule has 4 N–H and O–H groups in total. The van der Waals surface area contributed by atoms with E-state index in [9.17, 15) is 19.2 Å². The minimum absolute atomic E-state index is 0.239. The van der Waals surface area contributed by atoms with Gasteiger partial charge in [0.1, 0.15) is 12.1 Å². The van der Waals surface area contributed by atoms with Gasteiger partial charge in [0.2, 0.25) is 11.8 Å². The van der Waals surface area contributed by atoms with Crippen molar-refractivity contribution in [1.82, 2.24) is 19.4 Å². The number of primary amides is 1. The fourth-order valence-corrected chi connectivity index (χ4v) is 3.76. The molecule has 0 atom stereocenters. The number of nitrogens with two attached hydrogens (primary N) is 1. The number of piperidine rings is 1. The first-order chi connectivity index (χ1) is 14.0. The van der Waals surface area contributed by atoms with Gasteiger partial charge in [-0.05, 0) is 18.4 Å². The van der Waals surface area contributed by atoms with E-state index in [4.69, 9.17) is 5.73 Å². The molecule has 9 heteroatoms. The molecule has 0 spiro atoms. The molecule has 0 saturated carbocycles. The summed E-state index contributed by atoms with van der Waals surface area (Å²) < 4.78 is 0.899. The molecule has 3 heterocycles. The Morgan fingerprint density at radius 3 is 2.41 bits per heavy atom. The highest BCUT2D eigenvalue weighted by Gasteiger charge is 2.26. The predicted octanol–water partition coefficient (Wildman–Crippen LogP) is 0.409. The Bertz CT molecular complexity index is 1180. The molecule has 1 aromatic carbocycles. The van der Waals surface area contributed by atoms with E-state index in [2.05, 4.69) is 9.97 Å². The fourth-order valence-electron chi connectivity index (χ4n) is 3.76. The molecular formula is C20H21N5O4. The number of rotatable bonds is 4. The number of likely N-dealkylation sites (tertiary alicyclic amines) is 1. The van der Waals surface area contributed by atoms with E-state index in [1.807, 2.05) is 30.3 Å². The van der Waals surface area contributed by atoms with Crippen molar-refractivity contribution in [3.05, 3.63) is 57.4 Å². The SMILES string of the molecule is NC(=O)C1CCN(C(=O)Cn2c(=O)[nH]c3c(-c4ccccc4)c[nH]c3c2=O)CC1. The van der Waals surface area contributed by atoms with Gasteiger partial charge >= 0.3 is 5.69 Å². The summed E-state index contributed by atoms with van der Waals surface area (Å²) in [6, 6.07) is 9.38. The first-order valence-electron chi connectivity index (χ1n) is 9.42.